The van der Waals surface area contributed by atoms with Crippen molar-refractivity contribution in [1.82, 2.24) is 4.90 Å². The normalized spacial score (nSPS) is 11.1. The highest BCUT2D eigenvalue weighted by Gasteiger charge is 2.34. The van der Waals surface area contributed by atoms with Crippen LogP contribution in [-0.2, 0) is 0 Å². The number of hydrogen-bond donors (Lipinski definition) is 1. The average Bonchev–Trinajstić information content (AvgIpc) is 2.43. The Bertz CT molecular complexity index is 492. The van der Waals surface area contributed by atoms with Gasteiger partial charge in [0, 0.05) is 13.1 Å². The molecule has 1 amide bonds. The van der Waals surface area contributed by atoms with Gasteiger partial charge in [-0.2, -0.15) is 13.2 Å². The van der Waals surface area contributed by atoms with E-state index in [9.17, 15) is 18.0 Å². The van der Waals surface area contributed by atoms with Crippen molar-refractivity contribution in [2.45, 2.75) is 6.18 Å². The third-order valence-corrected chi connectivity index (χ3v) is 2.69. The van der Waals surface area contributed by atoms with Crippen LogP contribution in [0.3, 0.4) is 0 Å². The summed E-state index contributed by atoms with van der Waals surface area (Å²) >= 11 is 0. The number of carbonyl (C=O) groups excluding carboxylic acids is 1. The quantitative estimate of drug-likeness (QED) is 0.868. The highest BCUT2D eigenvalue weighted by Crippen LogP contribution is 2.32. The second-order valence-electron chi connectivity index (χ2n) is 4.17. The predicted molar refractivity (Wildman–Crippen MR) is 70.6 cm³/mol. The van der Waals surface area contributed by atoms with E-state index in [4.69, 9.17) is 15.2 Å². The van der Waals surface area contributed by atoms with Crippen LogP contribution in [-0.4, -0.2) is 50.8 Å². The van der Waals surface area contributed by atoms with Crippen LogP contribution < -0.4 is 15.2 Å². The van der Waals surface area contributed by atoms with Crippen LogP contribution in [0.1, 0.15) is 10.4 Å². The van der Waals surface area contributed by atoms with Crippen LogP contribution >= 0.6 is 0 Å². The number of halogens is 3. The molecule has 0 heterocycles. The summed E-state index contributed by atoms with van der Waals surface area (Å²) in [6, 6.07) is 4.43. The molecular formula is C13H17F3N2O3. The van der Waals surface area contributed by atoms with Crippen LogP contribution in [0.2, 0.25) is 0 Å². The lowest BCUT2D eigenvalue weighted by atomic mass is 10.1. The number of para-hydroxylation sites is 1. The van der Waals surface area contributed by atoms with Crippen LogP contribution in [0, 0.1) is 0 Å². The molecule has 1 aromatic carbocycles. The molecule has 0 spiro atoms. The topological polar surface area (TPSA) is 64.8 Å². The van der Waals surface area contributed by atoms with Gasteiger partial charge in [0.2, 0.25) is 0 Å². The van der Waals surface area contributed by atoms with Gasteiger partial charge in [-0.15, -0.1) is 0 Å². The summed E-state index contributed by atoms with van der Waals surface area (Å²) < 4.78 is 47.7. The van der Waals surface area contributed by atoms with Crippen molar-refractivity contribution in [3.63, 3.8) is 0 Å². The fraction of sp³-hybridized carbons (Fsp3) is 0.462. The predicted octanol–water partition coefficient (Wildman–Crippen LogP) is 1.67. The molecule has 0 aliphatic rings. The molecule has 0 aliphatic carbocycles. The largest absolute Gasteiger partial charge is 0.493 e. The first-order valence-corrected chi connectivity index (χ1v) is 6.11. The molecule has 0 unspecified atom stereocenters. The third kappa shape index (κ3) is 4.52. The van der Waals surface area contributed by atoms with Gasteiger partial charge in [-0.3, -0.25) is 4.79 Å². The van der Waals surface area contributed by atoms with Crippen LogP contribution in [0.5, 0.6) is 11.5 Å². The van der Waals surface area contributed by atoms with Gasteiger partial charge >= 0.3 is 6.18 Å². The molecule has 8 heteroatoms. The van der Waals surface area contributed by atoms with E-state index in [1.165, 1.54) is 26.4 Å². The Labute approximate surface area is 120 Å². The minimum absolute atomic E-state index is 0.00505. The van der Waals surface area contributed by atoms with Crippen molar-refractivity contribution < 1.29 is 27.4 Å². The van der Waals surface area contributed by atoms with Crippen molar-refractivity contribution in [1.29, 1.82) is 0 Å². The maximum absolute atomic E-state index is 12.5. The average molecular weight is 306 g/mol. The maximum Gasteiger partial charge on any atom is 0.406 e. The maximum atomic E-state index is 12.5. The van der Waals surface area contributed by atoms with Crippen LogP contribution in [0.4, 0.5) is 13.2 Å². The zero-order valence-electron chi connectivity index (χ0n) is 11.7. The Morgan fingerprint density at radius 3 is 2.43 bits per heavy atom. The molecule has 0 saturated carbocycles. The lowest BCUT2D eigenvalue weighted by Crippen LogP contribution is -2.41. The standard InChI is InChI=1S/C13H17F3N2O3/c1-20-10-5-3-4-9(11(10)21-2)12(19)18(7-6-17)8-13(14,15)16/h3-5H,6-8,17H2,1-2H3. The molecule has 0 saturated heterocycles. The van der Waals surface area contributed by atoms with E-state index in [0.29, 0.717) is 4.90 Å². The van der Waals surface area contributed by atoms with Gasteiger partial charge < -0.3 is 20.1 Å². The van der Waals surface area contributed by atoms with E-state index < -0.39 is 18.6 Å². The number of carbonyl (C=O) groups is 1. The van der Waals surface area contributed by atoms with Crippen molar-refractivity contribution in [3.05, 3.63) is 23.8 Å². The smallest absolute Gasteiger partial charge is 0.406 e. The Morgan fingerprint density at radius 1 is 1.29 bits per heavy atom. The first-order chi connectivity index (χ1) is 9.84. The van der Waals surface area contributed by atoms with Crippen LogP contribution in [0.15, 0.2) is 18.2 Å². The summed E-state index contributed by atoms with van der Waals surface area (Å²) in [5.74, 6) is -0.453. The number of ether oxygens (including phenoxy) is 2. The minimum Gasteiger partial charge on any atom is -0.493 e. The van der Waals surface area contributed by atoms with Gasteiger partial charge in [0.05, 0.1) is 19.8 Å². The Morgan fingerprint density at radius 2 is 1.95 bits per heavy atom. The van der Waals surface area contributed by atoms with Crippen molar-refractivity contribution >= 4 is 5.91 Å². The Kier molecular flexibility index (Phi) is 5.83. The van der Waals surface area contributed by atoms with Gasteiger partial charge in [-0.05, 0) is 12.1 Å². The summed E-state index contributed by atoms with van der Waals surface area (Å²) in [7, 11) is 2.69. The summed E-state index contributed by atoms with van der Waals surface area (Å²) in [5, 5.41) is 0. The highest BCUT2D eigenvalue weighted by molar-refractivity contribution is 5.97. The number of alkyl halides is 3. The Hall–Kier alpha value is -1.96. The molecule has 0 fully saturated rings. The van der Waals surface area contributed by atoms with E-state index in [1.807, 2.05) is 0 Å². The summed E-state index contributed by atoms with van der Waals surface area (Å²) in [4.78, 5) is 12.9. The third-order valence-electron chi connectivity index (χ3n) is 2.69. The molecule has 0 bridgehead atoms. The Balaban J connectivity index is 3.14. The molecule has 118 valence electrons. The second-order valence-corrected chi connectivity index (χ2v) is 4.17. The molecule has 0 atom stereocenters. The molecule has 1 aromatic rings. The molecule has 21 heavy (non-hydrogen) atoms. The van der Waals surface area contributed by atoms with Gasteiger partial charge in [0.25, 0.3) is 5.91 Å². The van der Waals surface area contributed by atoms with Gasteiger partial charge in [0.15, 0.2) is 11.5 Å². The number of methoxy groups -OCH3 is 2. The summed E-state index contributed by atoms with van der Waals surface area (Å²) in [6.07, 6.45) is -4.50. The zero-order valence-corrected chi connectivity index (χ0v) is 11.7. The molecule has 0 radical (unpaired) electrons. The van der Waals surface area contributed by atoms with Gasteiger partial charge in [0.1, 0.15) is 6.54 Å². The lowest BCUT2D eigenvalue weighted by molar-refractivity contribution is -0.140. The first kappa shape index (κ1) is 17.1. The molecule has 0 aliphatic heterocycles. The monoisotopic (exact) mass is 306 g/mol. The van der Waals surface area contributed by atoms with E-state index in [1.54, 1.807) is 6.07 Å². The van der Waals surface area contributed by atoms with E-state index in [-0.39, 0.29) is 30.2 Å². The fourth-order valence-electron chi connectivity index (χ4n) is 1.85. The number of amides is 1. The highest BCUT2D eigenvalue weighted by atomic mass is 19.4. The lowest BCUT2D eigenvalue weighted by Gasteiger charge is -2.24. The minimum atomic E-state index is -4.50. The van der Waals surface area contributed by atoms with Gasteiger partial charge in [-0.25, -0.2) is 0 Å². The molecule has 1 rings (SSSR count). The van der Waals surface area contributed by atoms with Crippen molar-refractivity contribution in [2.24, 2.45) is 5.73 Å². The molecule has 2 N–H and O–H groups in total. The first-order valence-electron chi connectivity index (χ1n) is 6.11. The molecular weight excluding hydrogens is 289 g/mol. The number of benzene rings is 1. The number of nitrogens with zero attached hydrogens (tertiary/aromatic N) is 1. The molecule has 5 nitrogen and oxygen atoms in total. The fourth-order valence-corrected chi connectivity index (χ4v) is 1.85. The SMILES string of the molecule is COc1cccc(C(=O)N(CCN)CC(F)(F)F)c1OC. The van der Waals surface area contributed by atoms with E-state index in [2.05, 4.69) is 0 Å². The van der Waals surface area contributed by atoms with E-state index in [0.717, 1.165) is 0 Å². The molecule has 0 aromatic heterocycles. The summed E-state index contributed by atoms with van der Waals surface area (Å²) in [6.45, 7) is -1.66. The van der Waals surface area contributed by atoms with E-state index >= 15 is 0 Å². The number of hydrogen-bond acceptors (Lipinski definition) is 4. The number of rotatable bonds is 6. The van der Waals surface area contributed by atoms with Crippen LogP contribution in [0.25, 0.3) is 0 Å². The van der Waals surface area contributed by atoms with Crippen molar-refractivity contribution in [2.75, 3.05) is 33.9 Å². The van der Waals surface area contributed by atoms with Crippen molar-refractivity contribution in [3.8, 4) is 11.5 Å². The number of nitrogens with two attached hydrogens (primary N) is 1. The zero-order chi connectivity index (χ0) is 16.0. The summed E-state index contributed by atoms with van der Waals surface area (Å²) in [5.41, 5.74) is 5.27. The second kappa shape index (κ2) is 7.16. The van der Waals surface area contributed by atoms with Gasteiger partial charge in [-0.1, -0.05) is 6.07 Å².